The largest absolute Gasteiger partial charge is 0.497 e. The van der Waals surface area contributed by atoms with Gasteiger partial charge in [0.15, 0.2) is 5.78 Å². The van der Waals surface area contributed by atoms with Crippen LogP contribution in [0.15, 0.2) is 30.9 Å². The number of nitrogens with one attached hydrogen (secondary N) is 3. The number of ketones is 1. The van der Waals surface area contributed by atoms with Gasteiger partial charge in [0.05, 0.1) is 42.0 Å². The van der Waals surface area contributed by atoms with Crippen LogP contribution in [0.5, 0.6) is 11.6 Å². The molecular weight excluding hydrogens is 729 g/mol. The van der Waals surface area contributed by atoms with Crippen molar-refractivity contribution in [3.63, 3.8) is 0 Å². The number of Topliss-reactive ketones (excluding diaryl/α,β-unsaturated/α-hetero) is 1. The number of benzene rings is 1. The fourth-order valence-corrected chi connectivity index (χ4v) is 9.28. The molecule has 3 amide bonds. The van der Waals surface area contributed by atoms with Gasteiger partial charge in [-0.15, -0.1) is 6.58 Å². The van der Waals surface area contributed by atoms with Crippen LogP contribution in [0.3, 0.4) is 0 Å². The fraction of sp³-hybridized carbons (Fsp3) is 0.641. The number of aromatic nitrogens is 2. The first-order chi connectivity index (χ1) is 26.1. The summed E-state index contributed by atoms with van der Waals surface area (Å²) in [6.45, 7) is 9.27. The molecule has 1 aromatic carbocycles. The predicted molar refractivity (Wildman–Crippen MR) is 202 cm³/mol. The second kappa shape index (κ2) is 15.0. The van der Waals surface area contributed by atoms with Crippen molar-refractivity contribution >= 4 is 44.7 Å². The minimum absolute atomic E-state index is 0.131. The van der Waals surface area contributed by atoms with E-state index in [4.69, 9.17) is 24.2 Å². The minimum Gasteiger partial charge on any atom is -0.497 e. The SMILES string of the molecule is C=CC1C[C@]1(NC(=O)[C@@H]1C[C@@H]2CN1CC(=O)[C@H](C(C)(C)C)NC(=O)O[C@@H]1C[C@H]1CCCCCc1nc3ccc(OC)cc3nc1O2)C(=O)NS(=O)(=O)C1CC1. The molecule has 1 aromatic heterocycles. The predicted octanol–water partition coefficient (Wildman–Crippen LogP) is 3.34. The van der Waals surface area contributed by atoms with Crippen LogP contribution in [-0.4, -0.2) is 102 Å². The Morgan fingerprint density at radius 3 is 2.55 bits per heavy atom. The minimum atomic E-state index is -3.88. The number of aryl methyl sites for hydroxylation is 1. The molecule has 7 rings (SSSR count). The van der Waals surface area contributed by atoms with Gasteiger partial charge in [-0.1, -0.05) is 39.7 Å². The number of alkyl carbamates (subject to hydrolysis) is 1. The first kappa shape index (κ1) is 38.9. The number of nitrogens with zero attached hydrogens (tertiary/aromatic N) is 3. The van der Waals surface area contributed by atoms with Gasteiger partial charge in [-0.3, -0.25) is 24.0 Å². The van der Waals surface area contributed by atoms with Gasteiger partial charge in [0, 0.05) is 24.9 Å². The standard InChI is InChI=1S/C39H52N6O9S/c1-6-23-19-39(23,36(48)44-55(50,51)26-13-14-26)43-34(47)30-18-25-20-45(30)21-31(46)33(38(2,3)4)42-37(49)54-32-16-22(32)10-8-7-9-11-28-35(53-25)41-29-17-24(52-5)12-15-27(29)40-28/h6,12,15,17,22-23,25-26,30,32-33H,1,7-11,13-14,16,18-21H2,2-5H3,(H,42,49)(H,43,47)(H,44,48)/t22-,23?,25-,30+,32-,33-,39-/m1/s1. The summed E-state index contributed by atoms with van der Waals surface area (Å²) < 4.78 is 45.4. The smallest absolute Gasteiger partial charge is 0.408 e. The van der Waals surface area contributed by atoms with Crippen molar-refractivity contribution in [3.05, 3.63) is 36.5 Å². The van der Waals surface area contributed by atoms with Gasteiger partial charge < -0.3 is 24.8 Å². The maximum Gasteiger partial charge on any atom is 0.408 e. The lowest BCUT2D eigenvalue weighted by molar-refractivity contribution is -0.133. The number of fused-ring (bicyclic) bond motifs is 5. The summed E-state index contributed by atoms with van der Waals surface area (Å²) in [5.41, 5.74) is -0.244. The molecule has 55 heavy (non-hydrogen) atoms. The topological polar surface area (TPSA) is 195 Å². The maximum atomic E-state index is 14.3. The van der Waals surface area contributed by atoms with E-state index in [-0.39, 0.29) is 43.7 Å². The average molecular weight is 781 g/mol. The molecule has 8 atom stereocenters. The molecule has 1 saturated heterocycles. The number of rotatable bonds is 7. The van der Waals surface area contributed by atoms with Crippen LogP contribution >= 0.6 is 0 Å². The van der Waals surface area contributed by atoms with Gasteiger partial charge >= 0.3 is 6.09 Å². The van der Waals surface area contributed by atoms with Crippen molar-refractivity contribution < 1.29 is 41.8 Å². The van der Waals surface area contributed by atoms with Gasteiger partial charge in [-0.05, 0) is 68.4 Å². The molecule has 298 valence electrons. The van der Waals surface area contributed by atoms with E-state index < -0.39 is 68.2 Å². The molecule has 16 heteroatoms. The third-order valence-corrected chi connectivity index (χ3v) is 13.3. The summed E-state index contributed by atoms with van der Waals surface area (Å²) in [4.78, 5) is 66.6. The van der Waals surface area contributed by atoms with Crippen molar-refractivity contribution in [1.29, 1.82) is 0 Å². The molecule has 2 unspecified atom stereocenters. The molecule has 15 nitrogen and oxygen atoms in total. The molecule has 2 aromatic rings. The van der Waals surface area contributed by atoms with E-state index in [1.165, 1.54) is 6.08 Å². The molecule has 3 aliphatic carbocycles. The summed E-state index contributed by atoms with van der Waals surface area (Å²) >= 11 is 0. The highest BCUT2D eigenvalue weighted by atomic mass is 32.2. The van der Waals surface area contributed by atoms with Crippen molar-refractivity contribution in [2.75, 3.05) is 20.2 Å². The van der Waals surface area contributed by atoms with E-state index in [0.29, 0.717) is 47.6 Å². The summed E-state index contributed by atoms with van der Waals surface area (Å²) in [6.07, 6.45) is 6.36. The molecule has 3 heterocycles. The zero-order valence-corrected chi connectivity index (χ0v) is 32.8. The first-order valence-electron chi connectivity index (χ1n) is 19.4. The number of sulfonamides is 1. The Hall–Kier alpha value is -4.31. The number of hydrogen-bond acceptors (Lipinski definition) is 12. The molecule has 2 aliphatic heterocycles. The van der Waals surface area contributed by atoms with Crippen LogP contribution in [0.4, 0.5) is 4.79 Å². The average Bonchev–Trinajstić information content (AvgIpc) is 4.05. The molecule has 5 aliphatic rings. The van der Waals surface area contributed by atoms with Crippen LogP contribution in [0, 0.1) is 17.3 Å². The van der Waals surface area contributed by atoms with Crippen LogP contribution in [-0.2, 0) is 35.6 Å². The lowest BCUT2D eigenvalue weighted by atomic mass is 9.84. The highest BCUT2D eigenvalue weighted by Crippen LogP contribution is 2.46. The zero-order chi connectivity index (χ0) is 39.3. The van der Waals surface area contributed by atoms with Gasteiger partial charge in [0.2, 0.25) is 21.8 Å². The van der Waals surface area contributed by atoms with E-state index in [2.05, 4.69) is 21.9 Å². The second-order valence-corrected chi connectivity index (χ2v) is 18.8. The second-order valence-electron chi connectivity index (χ2n) is 16.9. The molecule has 3 N–H and O–H groups in total. The van der Waals surface area contributed by atoms with Gasteiger partial charge in [-0.2, -0.15) is 0 Å². The van der Waals surface area contributed by atoms with E-state index in [1.807, 2.05) is 32.9 Å². The molecule has 2 bridgehead atoms. The van der Waals surface area contributed by atoms with E-state index >= 15 is 0 Å². The number of ether oxygens (including phenoxy) is 3. The zero-order valence-electron chi connectivity index (χ0n) is 32.0. The number of carbonyl (C=O) groups is 4. The van der Waals surface area contributed by atoms with Gasteiger partial charge in [0.1, 0.15) is 29.2 Å². The third kappa shape index (κ3) is 8.59. The van der Waals surface area contributed by atoms with Crippen LogP contribution in [0.1, 0.15) is 84.3 Å². The van der Waals surface area contributed by atoms with Crippen molar-refractivity contribution in [1.82, 2.24) is 30.2 Å². The lowest BCUT2D eigenvalue weighted by Crippen LogP contribution is -2.57. The monoisotopic (exact) mass is 780 g/mol. The van der Waals surface area contributed by atoms with Crippen molar-refractivity contribution in [3.8, 4) is 11.6 Å². The highest BCUT2D eigenvalue weighted by molar-refractivity contribution is 7.91. The Bertz CT molecular complexity index is 1980. The summed E-state index contributed by atoms with van der Waals surface area (Å²) in [5.74, 6) is -0.953. The van der Waals surface area contributed by atoms with Crippen LogP contribution < -0.4 is 24.8 Å². The molecule has 0 spiro atoms. The van der Waals surface area contributed by atoms with Crippen molar-refractivity contribution in [2.24, 2.45) is 17.3 Å². The lowest BCUT2D eigenvalue weighted by Gasteiger charge is -2.32. The Balaban J connectivity index is 1.19. The van der Waals surface area contributed by atoms with Gasteiger partial charge in [-0.25, -0.2) is 23.2 Å². The molecule has 0 radical (unpaired) electrons. The van der Waals surface area contributed by atoms with E-state index in [9.17, 15) is 27.6 Å². The highest BCUT2D eigenvalue weighted by Gasteiger charge is 2.62. The quantitative estimate of drug-likeness (QED) is 0.348. The summed E-state index contributed by atoms with van der Waals surface area (Å²) in [6, 6.07) is 3.57. The van der Waals surface area contributed by atoms with Crippen LogP contribution in [0.25, 0.3) is 11.0 Å². The number of hydrogen-bond donors (Lipinski definition) is 3. The Morgan fingerprint density at radius 1 is 1.07 bits per heavy atom. The Kier molecular flexibility index (Phi) is 10.6. The normalized spacial score (nSPS) is 31.5. The molecular formula is C39H52N6O9S. The maximum absolute atomic E-state index is 14.3. The molecule has 4 fully saturated rings. The number of amides is 3. The Labute approximate surface area is 321 Å². The van der Waals surface area contributed by atoms with Crippen LogP contribution in [0.2, 0.25) is 0 Å². The van der Waals surface area contributed by atoms with Gasteiger partial charge in [0.25, 0.3) is 5.91 Å². The Morgan fingerprint density at radius 2 is 1.85 bits per heavy atom. The number of carbonyl (C=O) groups excluding carboxylic acids is 4. The first-order valence-corrected chi connectivity index (χ1v) is 20.9. The fourth-order valence-electron chi connectivity index (χ4n) is 7.91. The summed E-state index contributed by atoms with van der Waals surface area (Å²) in [7, 11) is -2.30. The third-order valence-electron chi connectivity index (χ3n) is 11.5. The van der Waals surface area contributed by atoms with E-state index in [1.54, 1.807) is 18.1 Å². The molecule has 3 saturated carbocycles. The summed E-state index contributed by atoms with van der Waals surface area (Å²) in [5, 5.41) is 5.05. The number of methoxy groups -OCH3 is 1. The van der Waals surface area contributed by atoms with Crippen molar-refractivity contribution in [2.45, 2.75) is 120 Å². The van der Waals surface area contributed by atoms with E-state index in [0.717, 1.165) is 32.1 Å².